The highest BCUT2D eigenvalue weighted by atomic mass is 15.1. The molecule has 0 aliphatic heterocycles. The normalized spacial score (nSPS) is 10.1. The van der Waals surface area contributed by atoms with Crippen molar-refractivity contribution >= 4 is 0 Å². The molecule has 0 radical (unpaired) electrons. The predicted octanol–water partition coefficient (Wildman–Crippen LogP) is 5.38. The van der Waals surface area contributed by atoms with Gasteiger partial charge in [-0.2, -0.15) is 0 Å². The van der Waals surface area contributed by atoms with E-state index in [1.54, 1.807) is 0 Å². The highest BCUT2D eigenvalue weighted by Crippen LogP contribution is 2.01. The van der Waals surface area contributed by atoms with Gasteiger partial charge in [0.2, 0.25) is 0 Å². The molecule has 0 bridgehead atoms. The average Bonchev–Trinajstić information content (AvgIpc) is 2.49. The fraction of sp³-hybridized carbons (Fsp3) is 0.667. The number of hydrogen-bond donors (Lipinski definition) is 0. The number of hydrogen-bond acceptors (Lipinski definition) is 1. The largest absolute Gasteiger partial charge is 0.303 e. The van der Waals surface area contributed by atoms with Crippen LogP contribution in [0.25, 0.3) is 0 Å². The summed E-state index contributed by atoms with van der Waals surface area (Å²) in [5, 5.41) is 0. The van der Waals surface area contributed by atoms with Crippen LogP contribution in [0.5, 0.6) is 0 Å². The molecule has 1 aromatic carbocycles. The maximum absolute atomic E-state index is 2.64. The second-order valence-electron chi connectivity index (χ2n) is 5.06. The monoisotopic (exact) mass is 263 g/mol. The van der Waals surface area contributed by atoms with Crippen molar-refractivity contribution in [1.29, 1.82) is 0 Å². The lowest BCUT2D eigenvalue weighted by Crippen LogP contribution is -2.27. The lowest BCUT2D eigenvalue weighted by Gasteiger charge is -2.21. The number of unbranched alkanes of at least 4 members (excludes halogenated alkanes) is 3. The van der Waals surface area contributed by atoms with Crippen molar-refractivity contribution < 1.29 is 0 Å². The third-order valence-corrected chi connectivity index (χ3v) is 3.15. The molecule has 1 heteroatoms. The van der Waals surface area contributed by atoms with E-state index in [1.807, 2.05) is 36.4 Å². The molecule has 19 heavy (non-hydrogen) atoms. The van der Waals surface area contributed by atoms with Crippen molar-refractivity contribution in [3.8, 4) is 0 Å². The summed E-state index contributed by atoms with van der Waals surface area (Å²) in [7, 11) is 0. The fourth-order valence-corrected chi connectivity index (χ4v) is 1.87. The van der Waals surface area contributed by atoms with E-state index in [0.29, 0.717) is 0 Å². The smallest absolute Gasteiger partial charge is 0.00188 e. The Balaban J connectivity index is 0.000000443. The average molecular weight is 263 g/mol. The summed E-state index contributed by atoms with van der Waals surface area (Å²) >= 11 is 0. The van der Waals surface area contributed by atoms with E-state index in [4.69, 9.17) is 0 Å². The van der Waals surface area contributed by atoms with Crippen molar-refractivity contribution in [2.24, 2.45) is 0 Å². The maximum atomic E-state index is 2.64. The summed E-state index contributed by atoms with van der Waals surface area (Å²) in [6.45, 7) is 10.8. The maximum Gasteiger partial charge on any atom is -0.00188 e. The molecule has 0 atom stereocenters. The first kappa shape index (κ1) is 18.2. The van der Waals surface area contributed by atoms with Crippen LogP contribution < -0.4 is 0 Å². The van der Waals surface area contributed by atoms with Gasteiger partial charge in [-0.25, -0.2) is 0 Å². The molecule has 0 N–H and O–H groups in total. The second kappa shape index (κ2) is 15.2. The zero-order chi connectivity index (χ0) is 14.2. The van der Waals surface area contributed by atoms with Crippen LogP contribution >= 0.6 is 0 Å². The van der Waals surface area contributed by atoms with Gasteiger partial charge in [0.05, 0.1) is 0 Å². The summed E-state index contributed by atoms with van der Waals surface area (Å²) < 4.78 is 0. The first-order chi connectivity index (χ1) is 9.35. The Bertz CT molecular complexity index is 199. The number of rotatable bonds is 9. The van der Waals surface area contributed by atoms with E-state index in [-0.39, 0.29) is 0 Å². The molecule has 0 aromatic heterocycles. The third-order valence-electron chi connectivity index (χ3n) is 3.15. The van der Waals surface area contributed by atoms with Crippen molar-refractivity contribution in [2.75, 3.05) is 19.6 Å². The van der Waals surface area contributed by atoms with Gasteiger partial charge in [-0.1, -0.05) is 76.4 Å². The Labute approximate surface area is 121 Å². The van der Waals surface area contributed by atoms with Crippen LogP contribution in [0.4, 0.5) is 0 Å². The Morgan fingerprint density at radius 2 is 0.789 bits per heavy atom. The van der Waals surface area contributed by atoms with Crippen LogP contribution in [0.2, 0.25) is 0 Å². The Kier molecular flexibility index (Phi) is 14.6. The topological polar surface area (TPSA) is 3.24 Å². The lowest BCUT2D eigenvalue weighted by molar-refractivity contribution is 0.261. The second-order valence-corrected chi connectivity index (χ2v) is 5.06. The zero-order valence-electron chi connectivity index (χ0n) is 13.3. The van der Waals surface area contributed by atoms with E-state index in [2.05, 4.69) is 25.7 Å². The van der Waals surface area contributed by atoms with E-state index in [0.717, 1.165) is 0 Å². The number of benzene rings is 1. The van der Waals surface area contributed by atoms with Crippen LogP contribution in [0.1, 0.15) is 59.3 Å². The van der Waals surface area contributed by atoms with Crippen LogP contribution in [-0.2, 0) is 0 Å². The summed E-state index contributed by atoms with van der Waals surface area (Å²) in [6, 6.07) is 12.0. The van der Waals surface area contributed by atoms with Gasteiger partial charge in [0, 0.05) is 0 Å². The lowest BCUT2D eigenvalue weighted by atomic mass is 10.2. The first-order valence-corrected chi connectivity index (χ1v) is 8.07. The summed E-state index contributed by atoms with van der Waals surface area (Å²) in [4.78, 5) is 2.64. The molecule has 1 nitrogen and oxygen atoms in total. The summed E-state index contributed by atoms with van der Waals surface area (Å²) in [5.41, 5.74) is 0. The number of nitrogens with zero attached hydrogens (tertiary/aromatic N) is 1. The summed E-state index contributed by atoms with van der Waals surface area (Å²) in [5.74, 6) is 0. The Morgan fingerprint density at radius 1 is 0.526 bits per heavy atom. The zero-order valence-corrected chi connectivity index (χ0v) is 13.3. The molecule has 1 aromatic rings. The molecule has 0 saturated heterocycles. The van der Waals surface area contributed by atoms with Crippen LogP contribution in [-0.4, -0.2) is 24.5 Å². The van der Waals surface area contributed by atoms with Gasteiger partial charge < -0.3 is 4.90 Å². The van der Waals surface area contributed by atoms with Crippen LogP contribution in [0, 0.1) is 0 Å². The predicted molar refractivity (Wildman–Crippen MR) is 87.6 cm³/mol. The third kappa shape index (κ3) is 13.4. The minimum atomic E-state index is 1.32. The molecule has 0 aliphatic rings. The quantitative estimate of drug-likeness (QED) is 0.578. The molecule has 0 spiro atoms. The van der Waals surface area contributed by atoms with Gasteiger partial charge in [0.1, 0.15) is 0 Å². The molecule has 0 unspecified atom stereocenters. The van der Waals surface area contributed by atoms with Crippen molar-refractivity contribution in [3.63, 3.8) is 0 Å². The Hall–Kier alpha value is -0.820. The van der Waals surface area contributed by atoms with Gasteiger partial charge >= 0.3 is 0 Å². The van der Waals surface area contributed by atoms with Crippen LogP contribution in [0.15, 0.2) is 36.4 Å². The van der Waals surface area contributed by atoms with Crippen molar-refractivity contribution in [3.05, 3.63) is 36.4 Å². The minimum Gasteiger partial charge on any atom is -0.303 e. The highest BCUT2D eigenvalue weighted by Gasteiger charge is 2.01. The standard InChI is InChI=1S/C12H27N.C6H6/c1-4-7-10-13(11-8-5-2)12-9-6-3;1-2-4-6-5-3-1/h4-12H2,1-3H3;1-6H. The molecule has 110 valence electrons. The molecular formula is C18H33N. The highest BCUT2D eigenvalue weighted by molar-refractivity contribution is 4.99. The first-order valence-electron chi connectivity index (χ1n) is 8.07. The van der Waals surface area contributed by atoms with Gasteiger partial charge in [0.25, 0.3) is 0 Å². The van der Waals surface area contributed by atoms with E-state index >= 15 is 0 Å². The van der Waals surface area contributed by atoms with Gasteiger partial charge in [0.15, 0.2) is 0 Å². The Morgan fingerprint density at radius 3 is 1.00 bits per heavy atom. The fourth-order valence-electron chi connectivity index (χ4n) is 1.87. The SMILES string of the molecule is CCCCN(CCCC)CCCC.c1ccccc1. The van der Waals surface area contributed by atoms with Gasteiger partial charge in [-0.15, -0.1) is 0 Å². The van der Waals surface area contributed by atoms with E-state index < -0.39 is 0 Å². The summed E-state index contributed by atoms with van der Waals surface area (Å²) in [6.07, 6.45) is 8.09. The van der Waals surface area contributed by atoms with E-state index in [1.165, 1.54) is 58.2 Å². The molecule has 0 amide bonds. The minimum absolute atomic E-state index is 1.32. The van der Waals surface area contributed by atoms with Gasteiger partial charge in [-0.05, 0) is 38.9 Å². The van der Waals surface area contributed by atoms with Gasteiger partial charge in [-0.3, -0.25) is 0 Å². The molecule has 1 rings (SSSR count). The molecular weight excluding hydrogens is 230 g/mol. The molecule has 0 aliphatic carbocycles. The molecule has 0 heterocycles. The molecule has 0 fully saturated rings. The van der Waals surface area contributed by atoms with E-state index in [9.17, 15) is 0 Å². The van der Waals surface area contributed by atoms with Crippen molar-refractivity contribution in [1.82, 2.24) is 4.90 Å². The molecule has 0 saturated carbocycles. The van der Waals surface area contributed by atoms with Crippen LogP contribution in [0.3, 0.4) is 0 Å². The van der Waals surface area contributed by atoms with Crippen molar-refractivity contribution in [2.45, 2.75) is 59.3 Å².